The van der Waals surface area contributed by atoms with Gasteiger partial charge in [-0.15, -0.1) is 0 Å². The van der Waals surface area contributed by atoms with Crippen LogP contribution in [0.5, 0.6) is 0 Å². The summed E-state index contributed by atoms with van der Waals surface area (Å²) >= 11 is 0. The highest BCUT2D eigenvalue weighted by Gasteiger charge is 2.33. The molecule has 2 N–H and O–H groups in total. The van der Waals surface area contributed by atoms with E-state index in [-0.39, 0.29) is 12.2 Å². The SMILES string of the molecule is CCOC1CN(CCN)CC1OCC. The summed E-state index contributed by atoms with van der Waals surface area (Å²) in [6.07, 6.45) is 0.456. The van der Waals surface area contributed by atoms with Crippen LogP contribution in [-0.4, -0.2) is 56.5 Å². The zero-order chi connectivity index (χ0) is 10.4. The van der Waals surface area contributed by atoms with E-state index < -0.39 is 0 Å². The molecule has 1 saturated heterocycles. The number of likely N-dealkylation sites (tertiary alicyclic amines) is 1. The number of ether oxygens (including phenoxy) is 2. The maximum atomic E-state index is 5.64. The van der Waals surface area contributed by atoms with Gasteiger partial charge in [-0.2, -0.15) is 0 Å². The predicted molar refractivity (Wildman–Crippen MR) is 56.3 cm³/mol. The van der Waals surface area contributed by atoms with E-state index in [1.54, 1.807) is 0 Å². The summed E-state index contributed by atoms with van der Waals surface area (Å²) in [7, 11) is 0. The van der Waals surface area contributed by atoms with Crippen LogP contribution in [-0.2, 0) is 9.47 Å². The fourth-order valence-corrected chi connectivity index (χ4v) is 1.93. The van der Waals surface area contributed by atoms with Gasteiger partial charge >= 0.3 is 0 Å². The molecule has 1 fully saturated rings. The van der Waals surface area contributed by atoms with Crippen molar-refractivity contribution in [3.63, 3.8) is 0 Å². The molecule has 0 radical (unpaired) electrons. The molecular weight excluding hydrogens is 180 g/mol. The van der Waals surface area contributed by atoms with Crippen molar-refractivity contribution in [2.45, 2.75) is 26.1 Å². The van der Waals surface area contributed by atoms with Gasteiger partial charge in [0.1, 0.15) is 0 Å². The molecule has 0 spiro atoms. The molecule has 0 bridgehead atoms. The molecule has 0 aromatic carbocycles. The summed E-state index contributed by atoms with van der Waals surface area (Å²) in [5.74, 6) is 0. The molecule has 4 heteroatoms. The quantitative estimate of drug-likeness (QED) is 0.662. The molecule has 2 unspecified atom stereocenters. The lowest BCUT2D eigenvalue weighted by atomic mass is 10.2. The van der Waals surface area contributed by atoms with Gasteiger partial charge in [-0.3, -0.25) is 4.90 Å². The molecule has 2 atom stereocenters. The van der Waals surface area contributed by atoms with E-state index in [4.69, 9.17) is 15.2 Å². The number of rotatable bonds is 6. The van der Waals surface area contributed by atoms with Crippen LogP contribution in [0.25, 0.3) is 0 Å². The molecule has 1 heterocycles. The van der Waals surface area contributed by atoms with Crippen molar-refractivity contribution in [3.8, 4) is 0 Å². The standard InChI is InChI=1S/C10H22N2O2/c1-3-13-9-7-12(6-5-11)8-10(9)14-4-2/h9-10H,3-8,11H2,1-2H3. The largest absolute Gasteiger partial charge is 0.374 e. The lowest BCUT2D eigenvalue weighted by molar-refractivity contribution is -0.0388. The van der Waals surface area contributed by atoms with Gasteiger partial charge in [-0.25, -0.2) is 0 Å². The van der Waals surface area contributed by atoms with Crippen molar-refractivity contribution < 1.29 is 9.47 Å². The highest BCUT2D eigenvalue weighted by atomic mass is 16.5. The zero-order valence-electron chi connectivity index (χ0n) is 9.24. The fourth-order valence-electron chi connectivity index (χ4n) is 1.93. The van der Waals surface area contributed by atoms with Gasteiger partial charge in [0.25, 0.3) is 0 Å². The first kappa shape index (κ1) is 11.9. The van der Waals surface area contributed by atoms with E-state index in [1.807, 2.05) is 13.8 Å². The topological polar surface area (TPSA) is 47.7 Å². The van der Waals surface area contributed by atoms with Crippen LogP contribution >= 0.6 is 0 Å². The summed E-state index contributed by atoms with van der Waals surface area (Å²) in [5.41, 5.74) is 5.52. The minimum atomic E-state index is 0.228. The lowest BCUT2D eigenvalue weighted by Crippen LogP contribution is -2.29. The second-order valence-electron chi connectivity index (χ2n) is 3.54. The van der Waals surface area contributed by atoms with Crippen molar-refractivity contribution in [1.29, 1.82) is 0 Å². The molecule has 0 aliphatic carbocycles. The van der Waals surface area contributed by atoms with Crippen LogP contribution in [0.1, 0.15) is 13.8 Å². The first-order chi connectivity index (χ1) is 6.81. The molecule has 4 nitrogen and oxygen atoms in total. The monoisotopic (exact) mass is 202 g/mol. The second-order valence-corrected chi connectivity index (χ2v) is 3.54. The third-order valence-electron chi connectivity index (χ3n) is 2.50. The summed E-state index contributed by atoms with van der Waals surface area (Å²) in [4.78, 5) is 2.31. The third-order valence-corrected chi connectivity index (χ3v) is 2.50. The van der Waals surface area contributed by atoms with Gasteiger partial charge < -0.3 is 15.2 Å². The Bertz CT molecular complexity index is 141. The Morgan fingerprint density at radius 3 is 2.00 bits per heavy atom. The second kappa shape index (κ2) is 6.35. The number of hydrogen-bond donors (Lipinski definition) is 1. The molecule has 14 heavy (non-hydrogen) atoms. The Kier molecular flexibility index (Phi) is 5.40. The van der Waals surface area contributed by atoms with E-state index in [0.29, 0.717) is 6.54 Å². The van der Waals surface area contributed by atoms with E-state index in [1.165, 1.54) is 0 Å². The fraction of sp³-hybridized carbons (Fsp3) is 1.00. The maximum Gasteiger partial charge on any atom is 0.0975 e. The molecule has 0 saturated carbocycles. The van der Waals surface area contributed by atoms with Gasteiger partial charge in [0.2, 0.25) is 0 Å². The van der Waals surface area contributed by atoms with Crippen molar-refractivity contribution in [2.75, 3.05) is 39.4 Å². The number of nitrogens with two attached hydrogens (primary N) is 1. The van der Waals surface area contributed by atoms with Crippen molar-refractivity contribution in [2.24, 2.45) is 5.73 Å². The molecule has 0 aromatic heterocycles. The van der Waals surface area contributed by atoms with Crippen LogP contribution in [0.2, 0.25) is 0 Å². The Morgan fingerprint density at radius 1 is 1.14 bits per heavy atom. The Balaban J connectivity index is 2.38. The van der Waals surface area contributed by atoms with E-state index in [0.717, 1.165) is 32.8 Å². The van der Waals surface area contributed by atoms with E-state index in [9.17, 15) is 0 Å². The smallest absolute Gasteiger partial charge is 0.0975 e. The maximum absolute atomic E-state index is 5.64. The Morgan fingerprint density at radius 2 is 1.64 bits per heavy atom. The van der Waals surface area contributed by atoms with Gasteiger partial charge in [0, 0.05) is 39.4 Å². The predicted octanol–water partition coefficient (Wildman–Crippen LogP) is 0.0709. The summed E-state index contributed by atoms with van der Waals surface area (Å²) in [6.45, 7) is 9.11. The molecule has 1 rings (SSSR count). The summed E-state index contributed by atoms with van der Waals surface area (Å²) < 4.78 is 11.3. The molecule has 1 aliphatic heterocycles. The molecule has 0 amide bonds. The first-order valence-corrected chi connectivity index (χ1v) is 5.47. The summed E-state index contributed by atoms with van der Waals surface area (Å²) in [6, 6.07) is 0. The molecule has 0 aromatic rings. The Labute approximate surface area is 86.3 Å². The lowest BCUT2D eigenvalue weighted by Gasteiger charge is -2.17. The van der Waals surface area contributed by atoms with Crippen LogP contribution in [0.4, 0.5) is 0 Å². The summed E-state index contributed by atoms with van der Waals surface area (Å²) in [5, 5.41) is 0. The Hall–Kier alpha value is -0.160. The van der Waals surface area contributed by atoms with Gasteiger partial charge in [0.15, 0.2) is 0 Å². The van der Waals surface area contributed by atoms with Gasteiger partial charge in [-0.1, -0.05) is 0 Å². The molecule has 1 aliphatic rings. The highest BCUT2D eigenvalue weighted by Crippen LogP contribution is 2.16. The minimum absolute atomic E-state index is 0.228. The minimum Gasteiger partial charge on any atom is -0.374 e. The van der Waals surface area contributed by atoms with Gasteiger partial charge in [-0.05, 0) is 13.8 Å². The van der Waals surface area contributed by atoms with Crippen molar-refractivity contribution in [3.05, 3.63) is 0 Å². The average molecular weight is 202 g/mol. The zero-order valence-corrected chi connectivity index (χ0v) is 9.24. The third kappa shape index (κ3) is 3.20. The average Bonchev–Trinajstić information content (AvgIpc) is 2.50. The van der Waals surface area contributed by atoms with Crippen LogP contribution in [0, 0.1) is 0 Å². The van der Waals surface area contributed by atoms with Crippen LogP contribution in [0.3, 0.4) is 0 Å². The van der Waals surface area contributed by atoms with E-state index >= 15 is 0 Å². The highest BCUT2D eigenvalue weighted by molar-refractivity contribution is 4.86. The number of hydrogen-bond acceptors (Lipinski definition) is 4. The van der Waals surface area contributed by atoms with Crippen LogP contribution < -0.4 is 5.73 Å². The van der Waals surface area contributed by atoms with E-state index in [2.05, 4.69) is 4.90 Å². The van der Waals surface area contributed by atoms with Crippen LogP contribution in [0.15, 0.2) is 0 Å². The number of nitrogens with zero attached hydrogens (tertiary/aromatic N) is 1. The normalized spacial score (nSPS) is 28.5. The van der Waals surface area contributed by atoms with Gasteiger partial charge in [0.05, 0.1) is 12.2 Å². The molecule has 84 valence electrons. The first-order valence-electron chi connectivity index (χ1n) is 5.47. The van der Waals surface area contributed by atoms with Crippen molar-refractivity contribution >= 4 is 0 Å². The van der Waals surface area contributed by atoms with Crippen molar-refractivity contribution in [1.82, 2.24) is 4.90 Å². The molecular formula is C10H22N2O2.